The predicted molar refractivity (Wildman–Crippen MR) is 57.5 cm³/mol. The number of esters is 1. The van der Waals surface area contributed by atoms with Crippen LogP contribution in [0.4, 0.5) is 5.69 Å². The van der Waals surface area contributed by atoms with Gasteiger partial charge in [-0.05, 0) is 13.8 Å². The molecule has 1 aromatic heterocycles. The van der Waals surface area contributed by atoms with Crippen molar-refractivity contribution in [2.45, 2.75) is 13.8 Å². The summed E-state index contributed by atoms with van der Waals surface area (Å²) >= 11 is 0. The fourth-order valence-corrected chi connectivity index (χ4v) is 1.04. The lowest BCUT2D eigenvalue weighted by atomic mass is 10.1. The molecule has 0 saturated carbocycles. The van der Waals surface area contributed by atoms with Gasteiger partial charge in [-0.1, -0.05) is 0 Å². The number of aromatic nitrogens is 2. The molecule has 0 aromatic carbocycles. The Morgan fingerprint density at radius 3 is 2.94 bits per heavy atom. The minimum Gasteiger partial charge on any atom is -0.465 e. The summed E-state index contributed by atoms with van der Waals surface area (Å²) in [5.74, 6) is -1.83. The van der Waals surface area contributed by atoms with Gasteiger partial charge in [0.1, 0.15) is 11.5 Å². The summed E-state index contributed by atoms with van der Waals surface area (Å²) in [6.07, 6.45) is 4.31. The van der Waals surface area contributed by atoms with Gasteiger partial charge in [0, 0.05) is 12.4 Å². The Kier molecular flexibility index (Phi) is 4.38. The number of Topliss-reactive ketones (excluding diaryl/α,β-unsaturated/α-hetero) is 1. The van der Waals surface area contributed by atoms with Crippen LogP contribution in [0, 0.1) is 5.92 Å². The minimum absolute atomic E-state index is 0.238. The molecule has 0 aliphatic carbocycles. The number of ketones is 1. The van der Waals surface area contributed by atoms with Crippen molar-refractivity contribution in [2.75, 3.05) is 6.61 Å². The van der Waals surface area contributed by atoms with Crippen LogP contribution in [0.1, 0.15) is 13.8 Å². The molecule has 1 heterocycles. The second-order valence-corrected chi connectivity index (χ2v) is 3.08. The van der Waals surface area contributed by atoms with Gasteiger partial charge < -0.3 is 4.74 Å². The van der Waals surface area contributed by atoms with Gasteiger partial charge in [-0.3, -0.25) is 19.7 Å². The number of carbonyl (C=O) groups excluding carboxylic acids is 2. The molecule has 0 radical (unpaired) electrons. The third kappa shape index (κ3) is 3.30. The maximum Gasteiger partial charge on any atom is 0.321 e. The molecular weight excluding hydrogens is 210 g/mol. The van der Waals surface area contributed by atoms with Crippen LogP contribution in [0.2, 0.25) is 0 Å². The normalized spacial score (nSPS) is 12.6. The van der Waals surface area contributed by atoms with Crippen LogP contribution in [0.15, 0.2) is 17.4 Å². The summed E-state index contributed by atoms with van der Waals surface area (Å²) in [4.78, 5) is 26.5. The number of hydrogen-bond donors (Lipinski definition) is 1. The van der Waals surface area contributed by atoms with Crippen LogP contribution >= 0.6 is 0 Å². The Hall–Kier alpha value is -1.98. The number of ether oxygens (including phenoxy) is 1. The first kappa shape index (κ1) is 12.1. The molecule has 6 nitrogen and oxygen atoms in total. The molecule has 86 valence electrons. The van der Waals surface area contributed by atoms with Gasteiger partial charge in [0.25, 0.3) is 0 Å². The standard InChI is InChI=1S/C10H13N3O3/c1-3-16-10(15)9(7(2)14)6-11-8-4-12-13-5-8/h4-6,9H,3H2,1-2H3,(H,12,13). The summed E-state index contributed by atoms with van der Waals surface area (Å²) in [6.45, 7) is 3.24. The smallest absolute Gasteiger partial charge is 0.321 e. The number of nitrogens with one attached hydrogen (secondary N) is 1. The molecule has 0 fully saturated rings. The van der Waals surface area contributed by atoms with Crippen molar-refractivity contribution in [3.63, 3.8) is 0 Å². The Bertz CT molecular complexity index is 384. The molecule has 1 atom stereocenters. The van der Waals surface area contributed by atoms with E-state index in [4.69, 9.17) is 4.74 Å². The van der Waals surface area contributed by atoms with E-state index in [0.29, 0.717) is 5.69 Å². The molecule has 0 bridgehead atoms. The van der Waals surface area contributed by atoms with Crippen molar-refractivity contribution in [3.8, 4) is 0 Å². The van der Waals surface area contributed by atoms with Crippen molar-refractivity contribution >= 4 is 23.7 Å². The Morgan fingerprint density at radius 2 is 2.44 bits per heavy atom. The van der Waals surface area contributed by atoms with Gasteiger partial charge in [-0.25, -0.2) is 0 Å². The number of H-pyrrole nitrogens is 1. The van der Waals surface area contributed by atoms with E-state index < -0.39 is 11.9 Å². The Labute approximate surface area is 92.7 Å². The van der Waals surface area contributed by atoms with Crippen molar-refractivity contribution in [3.05, 3.63) is 12.4 Å². The van der Waals surface area contributed by atoms with E-state index in [-0.39, 0.29) is 12.4 Å². The van der Waals surface area contributed by atoms with Crippen LogP contribution in [-0.2, 0) is 14.3 Å². The molecule has 1 N–H and O–H groups in total. The molecule has 0 spiro atoms. The molecule has 0 amide bonds. The highest BCUT2D eigenvalue weighted by Gasteiger charge is 2.22. The number of aromatic amines is 1. The van der Waals surface area contributed by atoms with Gasteiger partial charge in [0.15, 0.2) is 5.92 Å². The molecule has 6 heteroatoms. The topological polar surface area (TPSA) is 84.4 Å². The summed E-state index contributed by atoms with van der Waals surface area (Å²) in [6, 6.07) is 0. The number of carbonyl (C=O) groups is 2. The highest BCUT2D eigenvalue weighted by Crippen LogP contribution is 2.08. The third-order valence-corrected chi connectivity index (χ3v) is 1.83. The van der Waals surface area contributed by atoms with Gasteiger partial charge in [-0.2, -0.15) is 5.10 Å². The molecule has 1 aromatic rings. The van der Waals surface area contributed by atoms with Crippen molar-refractivity contribution in [1.29, 1.82) is 0 Å². The van der Waals surface area contributed by atoms with Crippen molar-refractivity contribution in [2.24, 2.45) is 10.9 Å². The summed E-state index contributed by atoms with van der Waals surface area (Å²) < 4.78 is 4.76. The van der Waals surface area contributed by atoms with E-state index in [9.17, 15) is 9.59 Å². The van der Waals surface area contributed by atoms with Crippen molar-refractivity contribution in [1.82, 2.24) is 10.2 Å². The van der Waals surface area contributed by atoms with Gasteiger partial charge in [0.05, 0.1) is 12.8 Å². The SMILES string of the molecule is CCOC(=O)C(C=Nc1cn[nH]c1)C(C)=O. The monoisotopic (exact) mass is 223 g/mol. The van der Waals surface area contributed by atoms with E-state index in [1.165, 1.54) is 19.3 Å². The van der Waals surface area contributed by atoms with Gasteiger partial charge in [0.2, 0.25) is 0 Å². The van der Waals surface area contributed by atoms with Gasteiger partial charge >= 0.3 is 5.97 Å². The van der Waals surface area contributed by atoms with Crippen LogP contribution in [0.5, 0.6) is 0 Å². The Balaban J connectivity index is 2.72. The zero-order valence-corrected chi connectivity index (χ0v) is 9.14. The van der Waals surface area contributed by atoms with Crippen LogP contribution in [0.3, 0.4) is 0 Å². The average molecular weight is 223 g/mol. The van der Waals surface area contributed by atoms with Crippen LogP contribution in [-0.4, -0.2) is 34.8 Å². The minimum atomic E-state index is -0.949. The maximum absolute atomic E-state index is 11.4. The summed E-state index contributed by atoms with van der Waals surface area (Å²) in [5.41, 5.74) is 0.551. The number of hydrogen-bond acceptors (Lipinski definition) is 5. The first-order valence-electron chi connectivity index (χ1n) is 4.85. The first-order valence-corrected chi connectivity index (χ1v) is 4.85. The summed E-state index contributed by atoms with van der Waals surface area (Å²) in [5, 5.41) is 6.26. The molecule has 0 saturated heterocycles. The summed E-state index contributed by atoms with van der Waals surface area (Å²) in [7, 11) is 0. The lowest BCUT2D eigenvalue weighted by Gasteiger charge is -2.06. The lowest BCUT2D eigenvalue weighted by molar-refractivity contribution is -0.148. The van der Waals surface area contributed by atoms with E-state index in [2.05, 4.69) is 15.2 Å². The second kappa shape index (κ2) is 5.79. The van der Waals surface area contributed by atoms with Crippen LogP contribution < -0.4 is 0 Å². The second-order valence-electron chi connectivity index (χ2n) is 3.08. The predicted octanol–water partition coefficient (Wildman–Crippen LogP) is 0.880. The fraction of sp³-hybridized carbons (Fsp3) is 0.400. The first-order chi connectivity index (χ1) is 7.65. The van der Waals surface area contributed by atoms with Gasteiger partial charge in [-0.15, -0.1) is 0 Å². The maximum atomic E-state index is 11.4. The number of rotatable bonds is 5. The third-order valence-electron chi connectivity index (χ3n) is 1.83. The van der Waals surface area contributed by atoms with E-state index in [1.807, 2.05) is 0 Å². The number of aliphatic imine (C=N–C) groups is 1. The highest BCUT2D eigenvalue weighted by atomic mass is 16.5. The zero-order valence-electron chi connectivity index (χ0n) is 9.14. The highest BCUT2D eigenvalue weighted by molar-refractivity contribution is 6.11. The molecule has 0 aliphatic rings. The molecule has 1 rings (SSSR count). The Morgan fingerprint density at radius 1 is 1.69 bits per heavy atom. The van der Waals surface area contributed by atoms with Crippen molar-refractivity contribution < 1.29 is 14.3 Å². The van der Waals surface area contributed by atoms with E-state index in [0.717, 1.165) is 0 Å². The molecule has 16 heavy (non-hydrogen) atoms. The zero-order chi connectivity index (χ0) is 12.0. The van der Waals surface area contributed by atoms with E-state index >= 15 is 0 Å². The quantitative estimate of drug-likeness (QED) is 0.456. The lowest BCUT2D eigenvalue weighted by Crippen LogP contribution is -2.25. The molecular formula is C10H13N3O3. The molecule has 1 unspecified atom stereocenters. The number of nitrogens with zero attached hydrogens (tertiary/aromatic N) is 2. The fourth-order valence-electron chi connectivity index (χ4n) is 1.04. The largest absolute Gasteiger partial charge is 0.465 e. The molecule has 0 aliphatic heterocycles. The van der Waals surface area contributed by atoms with E-state index in [1.54, 1.807) is 13.1 Å². The van der Waals surface area contributed by atoms with Crippen LogP contribution in [0.25, 0.3) is 0 Å². The average Bonchev–Trinajstić information content (AvgIpc) is 2.70.